The largest absolute Gasteiger partial charge is 0.494 e. The van der Waals surface area contributed by atoms with Gasteiger partial charge in [-0.05, 0) is 37.6 Å². The van der Waals surface area contributed by atoms with Gasteiger partial charge in [0.25, 0.3) is 11.5 Å². The van der Waals surface area contributed by atoms with Gasteiger partial charge in [0.2, 0.25) is 0 Å². The smallest absolute Gasteiger partial charge is 0.280 e. The molecule has 0 fully saturated rings. The predicted molar refractivity (Wildman–Crippen MR) is 106 cm³/mol. The molecule has 0 bridgehead atoms. The number of nitrogens with one attached hydrogen (secondary N) is 1. The number of aryl methyl sites for hydroxylation is 1. The number of methoxy groups -OCH3 is 1. The van der Waals surface area contributed by atoms with Crippen LogP contribution in [0.15, 0.2) is 59.4 Å². The van der Waals surface area contributed by atoms with E-state index in [1.807, 2.05) is 19.1 Å². The predicted octanol–water partition coefficient (Wildman–Crippen LogP) is 3.00. The zero-order valence-corrected chi connectivity index (χ0v) is 15.7. The molecule has 7 nitrogen and oxygen atoms in total. The molecule has 1 amide bonds. The van der Waals surface area contributed by atoms with Crippen LogP contribution in [-0.2, 0) is 0 Å². The quantitative estimate of drug-likeness (QED) is 0.690. The van der Waals surface area contributed by atoms with Gasteiger partial charge >= 0.3 is 0 Å². The minimum Gasteiger partial charge on any atom is -0.494 e. The molecule has 0 unspecified atom stereocenters. The number of hydrogen-bond acceptors (Lipinski definition) is 5. The van der Waals surface area contributed by atoms with Gasteiger partial charge in [-0.25, -0.2) is 0 Å². The highest BCUT2D eigenvalue weighted by atomic mass is 16.5. The molecule has 28 heavy (non-hydrogen) atoms. The maximum absolute atomic E-state index is 12.8. The number of para-hydroxylation sites is 1. The Kier molecular flexibility index (Phi) is 5.35. The molecule has 0 saturated heterocycles. The number of aromatic nitrogens is 2. The Labute approximate surface area is 161 Å². The van der Waals surface area contributed by atoms with E-state index in [1.54, 1.807) is 36.4 Å². The average molecular weight is 377 g/mol. The molecule has 0 atom stereocenters. The summed E-state index contributed by atoms with van der Waals surface area (Å²) < 4.78 is 6.34. The van der Waals surface area contributed by atoms with Gasteiger partial charge in [-0.3, -0.25) is 14.4 Å². The van der Waals surface area contributed by atoms with Crippen LogP contribution in [0.5, 0.6) is 5.75 Å². The highest BCUT2D eigenvalue weighted by Gasteiger charge is 2.19. The Morgan fingerprint density at radius 2 is 1.82 bits per heavy atom. The number of nitrogens with zero attached hydrogens (tertiary/aromatic N) is 2. The van der Waals surface area contributed by atoms with Gasteiger partial charge in [0.1, 0.15) is 0 Å². The summed E-state index contributed by atoms with van der Waals surface area (Å²) in [5.74, 6) is -0.602. The van der Waals surface area contributed by atoms with Gasteiger partial charge in [-0.2, -0.15) is 9.78 Å². The number of rotatable bonds is 5. The van der Waals surface area contributed by atoms with E-state index < -0.39 is 11.5 Å². The molecule has 3 rings (SSSR count). The number of amides is 1. The van der Waals surface area contributed by atoms with Crippen molar-refractivity contribution < 1.29 is 14.3 Å². The summed E-state index contributed by atoms with van der Waals surface area (Å²) in [4.78, 5) is 36.8. The molecule has 0 aliphatic carbocycles. The molecule has 2 aromatic carbocycles. The highest BCUT2D eigenvalue weighted by Crippen LogP contribution is 2.18. The van der Waals surface area contributed by atoms with Crippen LogP contribution in [0.25, 0.3) is 5.69 Å². The second-order valence-electron chi connectivity index (χ2n) is 6.19. The molecule has 7 heteroatoms. The fraction of sp³-hybridized carbons (Fsp3) is 0.143. The van der Waals surface area contributed by atoms with Crippen LogP contribution in [0.1, 0.15) is 33.3 Å². The summed E-state index contributed by atoms with van der Waals surface area (Å²) in [5.41, 5.74) is 1.86. The molecule has 0 radical (unpaired) electrons. The van der Waals surface area contributed by atoms with Gasteiger partial charge < -0.3 is 10.1 Å². The second-order valence-corrected chi connectivity index (χ2v) is 6.19. The SMILES string of the molecule is COc1cc(=O)n(-c2ccccc2C)nc1C(=O)Nc1cccc(C(C)=O)c1. The van der Waals surface area contributed by atoms with Crippen LogP contribution in [0.2, 0.25) is 0 Å². The van der Waals surface area contributed by atoms with E-state index in [2.05, 4.69) is 10.4 Å². The monoisotopic (exact) mass is 377 g/mol. The van der Waals surface area contributed by atoms with Gasteiger partial charge in [-0.15, -0.1) is 0 Å². The Bertz CT molecular complexity index is 1120. The van der Waals surface area contributed by atoms with Crippen molar-refractivity contribution in [2.75, 3.05) is 12.4 Å². The van der Waals surface area contributed by atoms with E-state index in [4.69, 9.17) is 4.74 Å². The summed E-state index contributed by atoms with van der Waals surface area (Å²) >= 11 is 0. The fourth-order valence-electron chi connectivity index (χ4n) is 2.73. The summed E-state index contributed by atoms with van der Waals surface area (Å²) in [6, 6.07) is 15.0. The first-order chi connectivity index (χ1) is 13.4. The minimum absolute atomic E-state index is 0.0430. The molecule has 1 heterocycles. The number of anilines is 1. The zero-order valence-electron chi connectivity index (χ0n) is 15.7. The zero-order chi connectivity index (χ0) is 20.3. The van der Waals surface area contributed by atoms with Gasteiger partial charge in [0, 0.05) is 11.3 Å². The Balaban J connectivity index is 2.03. The molecule has 0 aliphatic rings. The van der Waals surface area contributed by atoms with E-state index in [1.165, 1.54) is 24.8 Å². The van der Waals surface area contributed by atoms with Crippen molar-refractivity contribution in [1.29, 1.82) is 0 Å². The molecule has 3 aromatic rings. The van der Waals surface area contributed by atoms with E-state index in [0.717, 1.165) is 5.56 Å². The van der Waals surface area contributed by atoms with Crippen molar-refractivity contribution in [3.8, 4) is 11.4 Å². The summed E-state index contributed by atoms with van der Waals surface area (Å²) in [6.45, 7) is 3.30. The van der Waals surface area contributed by atoms with Crippen molar-refractivity contribution in [2.45, 2.75) is 13.8 Å². The van der Waals surface area contributed by atoms with Crippen LogP contribution in [0.3, 0.4) is 0 Å². The van der Waals surface area contributed by atoms with Crippen LogP contribution in [-0.4, -0.2) is 28.6 Å². The maximum atomic E-state index is 12.8. The first-order valence-electron chi connectivity index (χ1n) is 8.57. The lowest BCUT2D eigenvalue weighted by Crippen LogP contribution is -2.26. The standard InChI is InChI=1S/C21H19N3O4/c1-13-7-4-5-10-17(13)24-19(26)12-18(28-3)20(23-24)21(27)22-16-9-6-8-15(11-16)14(2)25/h4-12H,1-3H3,(H,22,27). The number of carbonyl (C=O) groups is 2. The molecule has 1 N–H and O–H groups in total. The number of ether oxygens (including phenoxy) is 1. The van der Waals surface area contributed by atoms with Crippen molar-refractivity contribution in [1.82, 2.24) is 9.78 Å². The van der Waals surface area contributed by atoms with Crippen molar-refractivity contribution in [2.24, 2.45) is 0 Å². The van der Waals surface area contributed by atoms with Crippen LogP contribution in [0.4, 0.5) is 5.69 Å². The van der Waals surface area contributed by atoms with Crippen LogP contribution >= 0.6 is 0 Å². The lowest BCUT2D eigenvalue weighted by molar-refractivity contribution is 0.100. The van der Waals surface area contributed by atoms with Gasteiger partial charge in [-0.1, -0.05) is 30.3 Å². The Morgan fingerprint density at radius 3 is 2.50 bits per heavy atom. The molecule has 0 aliphatic heterocycles. The summed E-state index contributed by atoms with van der Waals surface area (Å²) in [6.07, 6.45) is 0. The minimum atomic E-state index is -0.556. The first kappa shape index (κ1) is 19.0. The lowest BCUT2D eigenvalue weighted by Gasteiger charge is -2.13. The maximum Gasteiger partial charge on any atom is 0.280 e. The second kappa shape index (κ2) is 7.87. The van der Waals surface area contributed by atoms with Crippen molar-refractivity contribution in [3.05, 3.63) is 81.8 Å². The highest BCUT2D eigenvalue weighted by molar-refractivity contribution is 6.05. The molecule has 0 spiro atoms. The number of hydrogen-bond donors (Lipinski definition) is 1. The number of ketones is 1. The van der Waals surface area contributed by atoms with Crippen molar-refractivity contribution >= 4 is 17.4 Å². The number of benzene rings is 2. The fourth-order valence-corrected chi connectivity index (χ4v) is 2.73. The molecule has 1 aromatic heterocycles. The first-order valence-corrected chi connectivity index (χ1v) is 8.57. The van der Waals surface area contributed by atoms with Gasteiger partial charge in [0.15, 0.2) is 17.2 Å². The molecule has 142 valence electrons. The third-order valence-electron chi connectivity index (χ3n) is 4.20. The molecule has 0 saturated carbocycles. The van der Waals surface area contributed by atoms with E-state index >= 15 is 0 Å². The third-order valence-corrected chi connectivity index (χ3v) is 4.20. The lowest BCUT2D eigenvalue weighted by atomic mass is 10.1. The van der Waals surface area contributed by atoms with Crippen LogP contribution in [0, 0.1) is 6.92 Å². The van der Waals surface area contributed by atoms with E-state index in [9.17, 15) is 14.4 Å². The topological polar surface area (TPSA) is 90.3 Å². The Hall–Kier alpha value is -3.74. The average Bonchev–Trinajstić information content (AvgIpc) is 2.68. The van der Waals surface area contributed by atoms with Gasteiger partial charge in [0.05, 0.1) is 18.9 Å². The normalized spacial score (nSPS) is 10.4. The number of Topliss-reactive ketones (excluding diaryl/α,β-unsaturated/α-hetero) is 1. The van der Waals surface area contributed by atoms with E-state index in [-0.39, 0.29) is 17.2 Å². The summed E-state index contributed by atoms with van der Waals surface area (Å²) in [5, 5.41) is 6.92. The van der Waals surface area contributed by atoms with Crippen molar-refractivity contribution in [3.63, 3.8) is 0 Å². The summed E-state index contributed by atoms with van der Waals surface area (Å²) in [7, 11) is 1.36. The molecular weight excluding hydrogens is 358 g/mol. The van der Waals surface area contributed by atoms with Crippen LogP contribution < -0.4 is 15.6 Å². The van der Waals surface area contributed by atoms with E-state index in [0.29, 0.717) is 16.9 Å². The Morgan fingerprint density at radius 1 is 1.07 bits per heavy atom. The third kappa shape index (κ3) is 3.83. The number of carbonyl (C=O) groups excluding carboxylic acids is 2. The molecular formula is C21H19N3O4.